The van der Waals surface area contributed by atoms with Crippen LogP contribution in [0.5, 0.6) is 5.75 Å². The summed E-state index contributed by atoms with van der Waals surface area (Å²) in [7, 11) is 1.25. The number of halogens is 2. The largest absolute Gasteiger partial charge is 0.480 e. The fourth-order valence-electron chi connectivity index (χ4n) is 1.19. The lowest BCUT2D eigenvalue weighted by atomic mass is 10.2. The van der Waals surface area contributed by atoms with Gasteiger partial charge in [-0.1, -0.05) is 15.9 Å². The summed E-state index contributed by atoms with van der Waals surface area (Å²) < 4.78 is 11.0. The lowest BCUT2D eigenvalue weighted by Crippen LogP contribution is -2.13. The van der Waals surface area contributed by atoms with Gasteiger partial charge in [0, 0.05) is 16.1 Å². The van der Waals surface area contributed by atoms with E-state index in [2.05, 4.69) is 36.6 Å². The van der Waals surface area contributed by atoms with Crippen LogP contribution in [-0.4, -0.2) is 24.6 Å². The molecule has 8 heteroatoms. The normalized spacial score (nSPS) is 10.5. The SMILES string of the molecule is COC(=O)COc1c(Br)cc(Br)cc1/C=C\[N+](=O)[O-]. The van der Waals surface area contributed by atoms with E-state index in [1.54, 1.807) is 12.1 Å². The number of ether oxygens (including phenoxy) is 2. The Morgan fingerprint density at radius 3 is 2.74 bits per heavy atom. The highest BCUT2D eigenvalue weighted by Crippen LogP contribution is 2.33. The number of rotatable bonds is 5. The maximum atomic E-state index is 11.0. The molecule has 0 aliphatic rings. The molecule has 0 amide bonds. The van der Waals surface area contributed by atoms with Crippen molar-refractivity contribution in [2.45, 2.75) is 0 Å². The number of methoxy groups -OCH3 is 1. The van der Waals surface area contributed by atoms with E-state index in [0.717, 1.165) is 6.20 Å². The third-order valence-electron chi connectivity index (χ3n) is 1.97. The number of hydrogen-bond donors (Lipinski definition) is 0. The molecule has 0 unspecified atom stereocenters. The maximum Gasteiger partial charge on any atom is 0.343 e. The summed E-state index contributed by atoms with van der Waals surface area (Å²) in [6, 6.07) is 3.34. The van der Waals surface area contributed by atoms with Gasteiger partial charge < -0.3 is 9.47 Å². The van der Waals surface area contributed by atoms with Crippen molar-refractivity contribution in [3.05, 3.63) is 43.0 Å². The van der Waals surface area contributed by atoms with Gasteiger partial charge >= 0.3 is 5.97 Å². The lowest BCUT2D eigenvalue weighted by Gasteiger charge is -2.10. The third kappa shape index (κ3) is 4.99. The maximum absolute atomic E-state index is 11.0. The van der Waals surface area contributed by atoms with Crippen LogP contribution in [0.25, 0.3) is 6.08 Å². The first-order valence-corrected chi connectivity index (χ1v) is 6.53. The van der Waals surface area contributed by atoms with Crippen LogP contribution in [0.4, 0.5) is 0 Å². The van der Waals surface area contributed by atoms with E-state index in [9.17, 15) is 14.9 Å². The van der Waals surface area contributed by atoms with Crippen LogP contribution in [-0.2, 0) is 9.53 Å². The topological polar surface area (TPSA) is 78.7 Å². The standard InChI is InChI=1S/C11H9Br2NO5/c1-18-10(15)6-19-11-7(2-3-14(16)17)4-8(12)5-9(11)13/h2-5H,6H2,1H3/b3-2-. The van der Waals surface area contributed by atoms with Crippen molar-refractivity contribution in [1.82, 2.24) is 0 Å². The first-order chi connectivity index (χ1) is 8.93. The molecular weight excluding hydrogens is 386 g/mol. The monoisotopic (exact) mass is 393 g/mol. The summed E-state index contributed by atoms with van der Waals surface area (Å²) in [4.78, 5) is 20.8. The Balaban J connectivity index is 3.06. The summed E-state index contributed by atoms with van der Waals surface area (Å²) in [6.45, 7) is -0.282. The van der Waals surface area contributed by atoms with Gasteiger partial charge in [-0.3, -0.25) is 10.1 Å². The van der Waals surface area contributed by atoms with Gasteiger partial charge in [-0.2, -0.15) is 0 Å². The van der Waals surface area contributed by atoms with Gasteiger partial charge in [0.2, 0.25) is 6.20 Å². The molecule has 1 aromatic carbocycles. The summed E-state index contributed by atoms with van der Waals surface area (Å²) in [5.41, 5.74) is 0.460. The fraction of sp³-hybridized carbons (Fsp3) is 0.182. The molecule has 0 aromatic heterocycles. The zero-order chi connectivity index (χ0) is 14.4. The van der Waals surface area contributed by atoms with Crippen LogP contribution < -0.4 is 4.74 Å². The van der Waals surface area contributed by atoms with Crippen LogP contribution in [0, 0.1) is 10.1 Å². The fourth-order valence-corrected chi connectivity index (χ4v) is 2.56. The van der Waals surface area contributed by atoms with Gasteiger partial charge in [-0.05, 0) is 28.1 Å². The van der Waals surface area contributed by atoms with Crippen LogP contribution in [0.15, 0.2) is 27.3 Å². The van der Waals surface area contributed by atoms with Gasteiger partial charge in [-0.15, -0.1) is 0 Å². The van der Waals surface area contributed by atoms with E-state index in [-0.39, 0.29) is 6.61 Å². The number of carbonyl (C=O) groups excluding carboxylic acids is 1. The highest BCUT2D eigenvalue weighted by molar-refractivity contribution is 9.11. The molecule has 0 aliphatic carbocycles. The quantitative estimate of drug-likeness (QED) is 0.435. The highest BCUT2D eigenvalue weighted by Gasteiger charge is 2.11. The second kappa shape index (κ2) is 7.25. The first-order valence-electron chi connectivity index (χ1n) is 4.94. The minimum absolute atomic E-state index is 0.282. The molecule has 6 nitrogen and oxygen atoms in total. The van der Waals surface area contributed by atoms with E-state index in [1.165, 1.54) is 13.2 Å². The van der Waals surface area contributed by atoms with E-state index in [1.807, 2.05) is 0 Å². The molecule has 0 aliphatic heterocycles. The number of nitrogens with zero attached hydrogens (tertiary/aromatic N) is 1. The number of esters is 1. The molecule has 0 spiro atoms. The first kappa shape index (κ1) is 15.6. The summed E-state index contributed by atoms with van der Waals surface area (Å²) in [5.74, 6) is -0.217. The van der Waals surface area contributed by atoms with Crippen LogP contribution in [0.3, 0.4) is 0 Å². The number of benzene rings is 1. The van der Waals surface area contributed by atoms with Crippen LogP contribution >= 0.6 is 31.9 Å². The van der Waals surface area contributed by atoms with Gasteiger partial charge in [0.25, 0.3) is 0 Å². The van der Waals surface area contributed by atoms with E-state index in [4.69, 9.17) is 4.74 Å². The Bertz CT molecular complexity index is 530. The molecule has 1 aromatic rings. The van der Waals surface area contributed by atoms with E-state index < -0.39 is 10.9 Å². The van der Waals surface area contributed by atoms with Crippen molar-refractivity contribution >= 4 is 43.9 Å². The van der Waals surface area contributed by atoms with Crippen molar-refractivity contribution in [3.63, 3.8) is 0 Å². The minimum Gasteiger partial charge on any atom is -0.480 e. The van der Waals surface area contributed by atoms with Crippen molar-refractivity contribution in [2.24, 2.45) is 0 Å². The van der Waals surface area contributed by atoms with Gasteiger partial charge in [0.15, 0.2) is 6.61 Å². The smallest absolute Gasteiger partial charge is 0.343 e. The van der Waals surface area contributed by atoms with Crippen molar-refractivity contribution in [1.29, 1.82) is 0 Å². The Labute approximate surface area is 125 Å². The number of carbonyl (C=O) groups is 1. The van der Waals surface area contributed by atoms with Crippen molar-refractivity contribution in [2.75, 3.05) is 13.7 Å². The molecule has 19 heavy (non-hydrogen) atoms. The zero-order valence-corrected chi connectivity index (χ0v) is 12.9. The van der Waals surface area contributed by atoms with Gasteiger partial charge in [-0.25, -0.2) is 4.79 Å². The molecule has 0 N–H and O–H groups in total. The predicted molar refractivity (Wildman–Crippen MR) is 75.4 cm³/mol. The molecule has 1 rings (SSSR count). The molecular formula is C11H9Br2NO5. The van der Waals surface area contributed by atoms with E-state index in [0.29, 0.717) is 20.3 Å². The van der Waals surface area contributed by atoms with E-state index >= 15 is 0 Å². The third-order valence-corrected chi connectivity index (χ3v) is 3.02. The Morgan fingerprint density at radius 1 is 1.47 bits per heavy atom. The average molecular weight is 395 g/mol. The number of nitro groups is 1. The molecule has 102 valence electrons. The molecule has 0 bridgehead atoms. The van der Waals surface area contributed by atoms with Crippen LogP contribution in [0.2, 0.25) is 0 Å². The van der Waals surface area contributed by atoms with Gasteiger partial charge in [0.1, 0.15) is 5.75 Å². The average Bonchev–Trinajstić information content (AvgIpc) is 2.34. The minimum atomic E-state index is -0.584. The molecule has 0 atom stereocenters. The van der Waals surface area contributed by atoms with Crippen molar-refractivity contribution < 1.29 is 19.2 Å². The zero-order valence-electron chi connectivity index (χ0n) is 9.76. The predicted octanol–water partition coefficient (Wildman–Crippen LogP) is 3.01. The summed E-state index contributed by atoms with van der Waals surface area (Å²) >= 11 is 6.53. The Hall–Kier alpha value is -1.41. The number of hydrogen-bond acceptors (Lipinski definition) is 5. The Morgan fingerprint density at radius 2 is 2.16 bits per heavy atom. The summed E-state index contributed by atoms with van der Waals surface area (Å²) in [6.07, 6.45) is 2.07. The lowest BCUT2D eigenvalue weighted by molar-refractivity contribution is -0.400. The molecule has 0 fully saturated rings. The molecule has 0 saturated carbocycles. The second-order valence-electron chi connectivity index (χ2n) is 3.27. The second-order valence-corrected chi connectivity index (χ2v) is 5.04. The Kier molecular flexibility index (Phi) is 5.97. The molecule has 0 heterocycles. The van der Waals surface area contributed by atoms with Gasteiger partial charge in [0.05, 0.1) is 16.5 Å². The van der Waals surface area contributed by atoms with Crippen LogP contribution in [0.1, 0.15) is 5.56 Å². The van der Waals surface area contributed by atoms with Crippen molar-refractivity contribution in [3.8, 4) is 5.75 Å². The summed E-state index contributed by atoms with van der Waals surface area (Å²) in [5, 5.41) is 10.3. The molecule has 0 radical (unpaired) electrons. The highest BCUT2D eigenvalue weighted by atomic mass is 79.9. The molecule has 0 saturated heterocycles.